The molecule has 0 amide bonds. The van der Waals surface area contributed by atoms with Crippen molar-refractivity contribution >= 4 is 5.82 Å². The molecule has 0 aliphatic heterocycles. The number of nitrogens with two attached hydrogens (primary N) is 1. The van der Waals surface area contributed by atoms with Crippen LogP contribution in [0.3, 0.4) is 0 Å². The molecule has 0 radical (unpaired) electrons. The van der Waals surface area contributed by atoms with Gasteiger partial charge in [0.05, 0.1) is 0 Å². The molecule has 1 heterocycles. The lowest BCUT2D eigenvalue weighted by Gasteiger charge is -2.04. The lowest BCUT2D eigenvalue weighted by atomic mass is 10.2. The summed E-state index contributed by atoms with van der Waals surface area (Å²) in [5.74, 6) is 2.36. The van der Waals surface area contributed by atoms with Crippen molar-refractivity contribution in [2.24, 2.45) is 0 Å². The molecule has 1 fully saturated rings. The summed E-state index contributed by atoms with van der Waals surface area (Å²) in [6, 6.07) is 0. The van der Waals surface area contributed by atoms with Crippen LogP contribution in [0.15, 0.2) is 0 Å². The van der Waals surface area contributed by atoms with Gasteiger partial charge in [0.1, 0.15) is 11.6 Å². The molecule has 2 aliphatic carbocycles. The molecule has 1 saturated carbocycles. The van der Waals surface area contributed by atoms with E-state index in [-0.39, 0.29) is 0 Å². The minimum Gasteiger partial charge on any atom is -0.383 e. The number of rotatable bonds is 1. The van der Waals surface area contributed by atoms with E-state index in [0.717, 1.165) is 24.5 Å². The van der Waals surface area contributed by atoms with E-state index < -0.39 is 0 Å². The van der Waals surface area contributed by atoms with Gasteiger partial charge in [0, 0.05) is 17.2 Å². The van der Waals surface area contributed by atoms with Crippen molar-refractivity contribution < 1.29 is 0 Å². The Morgan fingerprint density at radius 1 is 1.15 bits per heavy atom. The van der Waals surface area contributed by atoms with Crippen molar-refractivity contribution in [2.75, 3.05) is 5.73 Å². The van der Waals surface area contributed by atoms with E-state index in [0.29, 0.717) is 5.92 Å². The molecule has 0 unspecified atom stereocenters. The molecule has 2 N–H and O–H groups in total. The smallest absolute Gasteiger partial charge is 0.134 e. The van der Waals surface area contributed by atoms with E-state index in [4.69, 9.17) is 5.73 Å². The highest BCUT2D eigenvalue weighted by Crippen LogP contribution is 2.39. The van der Waals surface area contributed by atoms with E-state index in [1.807, 2.05) is 0 Å². The number of nitrogens with zero attached hydrogens (tertiary/aromatic N) is 2. The summed E-state index contributed by atoms with van der Waals surface area (Å²) in [7, 11) is 0. The first-order valence-electron chi connectivity index (χ1n) is 5.00. The average molecular weight is 175 g/mol. The van der Waals surface area contributed by atoms with Gasteiger partial charge in [0.25, 0.3) is 0 Å². The Kier molecular flexibility index (Phi) is 1.37. The minimum atomic E-state index is 0.619. The highest BCUT2D eigenvalue weighted by Gasteiger charge is 2.29. The van der Waals surface area contributed by atoms with Gasteiger partial charge < -0.3 is 5.73 Å². The lowest BCUT2D eigenvalue weighted by Crippen LogP contribution is -2.04. The van der Waals surface area contributed by atoms with Crippen LogP contribution in [-0.2, 0) is 12.8 Å². The molecule has 0 saturated heterocycles. The molecule has 1 aromatic heterocycles. The summed E-state index contributed by atoms with van der Waals surface area (Å²) in [6.07, 6.45) is 5.87. The van der Waals surface area contributed by atoms with Crippen LogP contribution >= 0.6 is 0 Å². The first-order chi connectivity index (χ1) is 6.34. The van der Waals surface area contributed by atoms with E-state index in [1.54, 1.807) is 0 Å². The largest absolute Gasteiger partial charge is 0.383 e. The SMILES string of the molecule is Nc1nc(C2CC2)nc2c1CCC2. The second-order valence-electron chi connectivity index (χ2n) is 4.02. The quantitative estimate of drug-likeness (QED) is 0.702. The van der Waals surface area contributed by atoms with Crippen LogP contribution in [0, 0.1) is 0 Å². The summed E-state index contributed by atoms with van der Waals surface area (Å²) >= 11 is 0. The number of aromatic nitrogens is 2. The van der Waals surface area contributed by atoms with Crippen LogP contribution in [0.4, 0.5) is 5.82 Å². The molecule has 0 bridgehead atoms. The van der Waals surface area contributed by atoms with Crippen LogP contribution < -0.4 is 5.73 Å². The lowest BCUT2D eigenvalue weighted by molar-refractivity contribution is 0.873. The van der Waals surface area contributed by atoms with Crippen LogP contribution in [0.25, 0.3) is 0 Å². The molecule has 1 aromatic rings. The first-order valence-corrected chi connectivity index (χ1v) is 5.00. The van der Waals surface area contributed by atoms with E-state index >= 15 is 0 Å². The van der Waals surface area contributed by atoms with Crippen LogP contribution in [0.5, 0.6) is 0 Å². The summed E-state index contributed by atoms with van der Waals surface area (Å²) in [6.45, 7) is 0. The van der Waals surface area contributed by atoms with Crippen LogP contribution in [-0.4, -0.2) is 9.97 Å². The molecule has 0 atom stereocenters. The molecule has 0 spiro atoms. The van der Waals surface area contributed by atoms with Crippen molar-refractivity contribution in [1.82, 2.24) is 9.97 Å². The molecule has 3 heteroatoms. The van der Waals surface area contributed by atoms with Crippen molar-refractivity contribution in [1.29, 1.82) is 0 Å². The third kappa shape index (κ3) is 1.10. The second kappa shape index (κ2) is 2.44. The highest BCUT2D eigenvalue weighted by atomic mass is 15.0. The van der Waals surface area contributed by atoms with Gasteiger partial charge in [-0.2, -0.15) is 0 Å². The zero-order valence-corrected chi connectivity index (χ0v) is 7.58. The van der Waals surface area contributed by atoms with Gasteiger partial charge in [-0.15, -0.1) is 0 Å². The number of aryl methyl sites for hydroxylation is 1. The fraction of sp³-hybridized carbons (Fsp3) is 0.600. The maximum Gasteiger partial charge on any atom is 0.134 e. The van der Waals surface area contributed by atoms with Gasteiger partial charge >= 0.3 is 0 Å². The Morgan fingerprint density at radius 2 is 2.00 bits per heavy atom. The first kappa shape index (κ1) is 7.30. The molecule has 0 aromatic carbocycles. The zero-order chi connectivity index (χ0) is 8.84. The third-order valence-corrected chi connectivity index (χ3v) is 2.92. The third-order valence-electron chi connectivity index (χ3n) is 2.92. The molecular weight excluding hydrogens is 162 g/mol. The Balaban J connectivity index is 2.10. The number of hydrogen-bond acceptors (Lipinski definition) is 3. The molecule has 2 aliphatic rings. The maximum atomic E-state index is 5.89. The minimum absolute atomic E-state index is 0.619. The summed E-state index contributed by atoms with van der Waals surface area (Å²) in [4.78, 5) is 8.96. The van der Waals surface area contributed by atoms with Crippen molar-refractivity contribution in [2.45, 2.75) is 38.0 Å². The van der Waals surface area contributed by atoms with Crippen molar-refractivity contribution in [3.8, 4) is 0 Å². The number of anilines is 1. The molecule has 13 heavy (non-hydrogen) atoms. The monoisotopic (exact) mass is 175 g/mol. The summed E-state index contributed by atoms with van der Waals surface area (Å²) in [5, 5.41) is 0. The van der Waals surface area contributed by atoms with Gasteiger partial charge in [-0.25, -0.2) is 9.97 Å². The predicted molar refractivity (Wildman–Crippen MR) is 50.4 cm³/mol. The average Bonchev–Trinajstić information content (AvgIpc) is 2.85. The van der Waals surface area contributed by atoms with Gasteiger partial charge in [0.2, 0.25) is 0 Å². The fourth-order valence-electron chi connectivity index (χ4n) is 2.01. The van der Waals surface area contributed by atoms with Crippen LogP contribution in [0.2, 0.25) is 0 Å². The Labute approximate surface area is 77.4 Å². The molecule has 68 valence electrons. The summed E-state index contributed by atoms with van der Waals surface area (Å²) in [5.41, 5.74) is 8.32. The normalized spacial score (nSPS) is 20.3. The van der Waals surface area contributed by atoms with E-state index in [1.165, 1.54) is 30.5 Å². The van der Waals surface area contributed by atoms with Gasteiger partial charge in [0.15, 0.2) is 0 Å². The Hall–Kier alpha value is -1.12. The van der Waals surface area contributed by atoms with Gasteiger partial charge in [-0.1, -0.05) is 0 Å². The van der Waals surface area contributed by atoms with Crippen LogP contribution in [0.1, 0.15) is 42.3 Å². The predicted octanol–water partition coefficient (Wildman–Crippen LogP) is 1.42. The number of fused-ring (bicyclic) bond motifs is 1. The topological polar surface area (TPSA) is 51.8 Å². The zero-order valence-electron chi connectivity index (χ0n) is 7.58. The highest BCUT2D eigenvalue weighted by molar-refractivity contribution is 5.45. The van der Waals surface area contributed by atoms with Gasteiger partial charge in [-0.3, -0.25) is 0 Å². The second-order valence-corrected chi connectivity index (χ2v) is 4.02. The number of nitrogen functional groups attached to an aromatic ring is 1. The molecular formula is C10H13N3. The Morgan fingerprint density at radius 3 is 2.77 bits per heavy atom. The molecule has 3 rings (SSSR count). The van der Waals surface area contributed by atoms with Crippen molar-refractivity contribution in [3.05, 3.63) is 17.1 Å². The van der Waals surface area contributed by atoms with E-state index in [2.05, 4.69) is 9.97 Å². The summed E-state index contributed by atoms with van der Waals surface area (Å²) < 4.78 is 0. The standard InChI is InChI=1S/C10H13N3/c11-9-7-2-1-3-8(7)12-10(13-9)6-4-5-6/h6H,1-5H2,(H2,11,12,13). The van der Waals surface area contributed by atoms with Gasteiger partial charge in [-0.05, 0) is 32.1 Å². The molecule has 3 nitrogen and oxygen atoms in total. The maximum absolute atomic E-state index is 5.89. The Bertz CT molecular complexity index is 355. The fourth-order valence-corrected chi connectivity index (χ4v) is 2.01. The number of hydrogen-bond donors (Lipinski definition) is 1. The van der Waals surface area contributed by atoms with Crippen molar-refractivity contribution in [3.63, 3.8) is 0 Å². The van der Waals surface area contributed by atoms with E-state index in [9.17, 15) is 0 Å².